The van der Waals surface area contributed by atoms with Crippen LogP contribution in [0, 0.1) is 17.2 Å². The Morgan fingerprint density at radius 1 is 1.21 bits per heavy atom. The van der Waals surface area contributed by atoms with Gasteiger partial charge in [0.1, 0.15) is 12.1 Å². The zero-order valence-electron chi connectivity index (χ0n) is 14.5. The Labute approximate surface area is 157 Å². The lowest BCUT2D eigenvalue weighted by molar-refractivity contribution is -0.138. The molecule has 1 saturated heterocycles. The van der Waals surface area contributed by atoms with E-state index in [1.807, 2.05) is 0 Å². The Morgan fingerprint density at radius 3 is 2.71 bits per heavy atom. The summed E-state index contributed by atoms with van der Waals surface area (Å²) in [6, 6.07) is 8.78. The molecule has 0 saturated carbocycles. The fourth-order valence-electron chi connectivity index (χ4n) is 3.11. The normalized spacial score (nSPS) is 14.7. The van der Waals surface area contributed by atoms with Crippen LogP contribution in [0.3, 0.4) is 0 Å². The van der Waals surface area contributed by atoms with E-state index in [9.17, 15) is 18.0 Å². The highest BCUT2D eigenvalue weighted by atomic mass is 19.4. The molecule has 0 radical (unpaired) electrons. The first-order valence-corrected chi connectivity index (χ1v) is 8.52. The number of rotatable bonds is 3. The fraction of sp³-hybridized carbons (Fsp3) is 0.263. The number of pyridine rings is 1. The van der Waals surface area contributed by atoms with Crippen molar-refractivity contribution in [1.29, 1.82) is 5.26 Å². The van der Waals surface area contributed by atoms with E-state index in [4.69, 9.17) is 5.26 Å². The maximum Gasteiger partial charge on any atom is 0.416 e. The van der Waals surface area contributed by atoms with Crippen LogP contribution < -0.4 is 0 Å². The highest BCUT2D eigenvalue weighted by Crippen LogP contribution is 2.32. The highest BCUT2D eigenvalue weighted by Gasteiger charge is 2.31. The second kappa shape index (κ2) is 6.64. The van der Waals surface area contributed by atoms with Crippen molar-refractivity contribution in [3.8, 4) is 17.2 Å². The summed E-state index contributed by atoms with van der Waals surface area (Å²) in [4.78, 5) is 18.1. The van der Waals surface area contributed by atoms with Gasteiger partial charge in [-0.15, -0.1) is 0 Å². The van der Waals surface area contributed by atoms with E-state index in [-0.39, 0.29) is 18.4 Å². The minimum atomic E-state index is -4.43. The molecule has 0 aliphatic carbocycles. The van der Waals surface area contributed by atoms with Gasteiger partial charge in [0.25, 0.3) is 0 Å². The molecule has 142 valence electrons. The summed E-state index contributed by atoms with van der Waals surface area (Å²) in [7, 11) is 0. The van der Waals surface area contributed by atoms with Crippen LogP contribution in [0.5, 0.6) is 0 Å². The Hall–Kier alpha value is -3.41. The molecule has 9 heteroatoms. The number of hydrogen-bond donors (Lipinski definition) is 0. The van der Waals surface area contributed by atoms with E-state index in [1.165, 1.54) is 23.1 Å². The van der Waals surface area contributed by atoms with Gasteiger partial charge in [-0.2, -0.15) is 23.5 Å². The largest absolute Gasteiger partial charge is 0.416 e. The lowest BCUT2D eigenvalue weighted by Crippen LogP contribution is -2.50. The van der Waals surface area contributed by atoms with Gasteiger partial charge in [-0.25, -0.2) is 0 Å². The van der Waals surface area contributed by atoms with Gasteiger partial charge in [-0.1, -0.05) is 12.1 Å². The summed E-state index contributed by atoms with van der Waals surface area (Å²) < 4.78 is 40.4. The minimum absolute atomic E-state index is 0.0185. The maximum atomic E-state index is 13.0. The molecule has 28 heavy (non-hydrogen) atoms. The van der Waals surface area contributed by atoms with Crippen LogP contribution in [0.15, 0.2) is 42.7 Å². The summed E-state index contributed by atoms with van der Waals surface area (Å²) >= 11 is 0. The van der Waals surface area contributed by atoms with Gasteiger partial charge in [0.05, 0.1) is 29.3 Å². The fourth-order valence-corrected chi connectivity index (χ4v) is 3.11. The van der Waals surface area contributed by atoms with Crippen molar-refractivity contribution in [3.63, 3.8) is 0 Å². The molecule has 0 bridgehead atoms. The average molecular weight is 385 g/mol. The molecule has 4 rings (SSSR count). The number of alkyl halides is 3. The SMILES string of the molecule is N#CC1CN(C(=O)Cn2ncc3ncc(-c4cccc(C(F)(F)F)c4)cc32)C1. The van der Waals surface area contributed by atoms with Crippen molar-refractivity contribution < 1.29 is 18.0 Å². The maximum absolute atomic E-state index is 13.0. The number of carbonyl (C=O) groups excluding carboxylic acids is 1. The predicted octanol–water partition coefficient (Wildman–Crippen LogP) is 3.10. The molecule has 3 heterocycles. The molecule has 1 aliphatic rings. The number of nitriles is 1. The molecule has 3 aromatic rings. The second-order valence-corrected chi connectivity index (χ2v) is 6.63. The van der Waals surface area contributed by atoms with E-state index < -0.39 is 11.7 Å². The summed E-state index contributed by atoms with van der Waals surface area (Å²) in [6.07, 6.45) is -1.44. The third-order valence-electron chi connectivity index (χ3n) is 4.72. The highest BCUT2D eigenvalue weighted by molar-refractivity contribution is 5.83. The number of amides is 1. The second-order valence-electron chi connectivity index (χ2n) is 6.63. The molecule has 1 amide bonds. The van der Waals surface area contributed by atoms with Crippen molar-refractivity contribution in [2.45, 2.75) is 12.7 Å². The van der Waals surface area contributed by atoms with E-state index in [0.717, 1.165) is 12.1 Å². The van der Waals surface area contributed by atoms with Gasteiger partial charge in [-0.3, -0.25) is 14.5 Å². The molecule has 1 aromatic carbocycles. The minimum Gasteiger partial charge on any atom is -0.338 e. The van der Waals surface area contributed by atoms with Crippen molar-refractivity contribution in [1.82, 2.24) is 19.7 Å². The zero-order chi connectivity index (χ0) is 19.9. The summed E-state index contributed by atoms with van der Waals surface area (Å²) in [5, 5.41) is 13.0. The topological polar surface area (TPSA) is 74.8 Å². The van der Waals surface area contributed by atoms with E-state index in [0.29, 0.717) is 35.2 Å². The number of benzene rings is 1. The van der Waals surface area contributed by atoms with Crippen molar-refractivity contribution in [2.24, 2.45) is 5.92 Å². The van der Waals surface area contributed by atoms with Gasteiger partial charge < -0.3 is 4.90 Å². The first-order chi connectivity index (χ1) is 13.3. The summed E-state index contributed by atoms with van der Waals surface area (Å²) in [5.74, 6) is -0.298. The Kier molecular flexibility index (Phi) is 4.26. The number of halogens is 3. The first kappa shape index (κ1) is 18.0. The van der Waals surface area contributed by atoms with Crippen LogP contribution in [-0.4, -0.2) is 38.7 Å². The zero-order valence-corrected chi connectivity index (χ0v) is 14.5. The van der Waals surface area contributed by atoms with E-state index in [2.05, 4.69) is 16.2 Å². The van der Waals surface area contributed by atoms with Crippen LogP contribution in [0.1, 0.15) is 5.56 Å². The molecule has 1 aliphatic heterocycles. The average Bonchev–Trinajstić information content (AvgIpc) is 3.02. The predicted molar refractivity (Wildman–Crippen MR) is 93.6 cm³/mol. The Balaban J connectivity index is 1.62. The third-order valence-corrected chi connectivity index (χ3v) is 4.72. The van der Waals surface area contributed by atoms with E-state index >= 15 is 0 Å². The van der Waals surface area contributed by atoms with Gasteiger partial charge in [0.2, 0.25) is 5.91 Å². The summed E-state index contributed by atoms with van der Waals surface area (Å²) in [6.45, 7) is 0.792. The molecule has 0 atom stereocenters. The third kappa shape index (κ3) is 3.29. The van der Waals surface area contributed by atoms with Crippen LogP contribution in [-0.2, 0) is 17.5 Å². The van der Waals surface area contributed by atoms with Crippen LogP contribution in [0.2, 0.25) is 0 Å². The molecule has 1 fully saturated rings. The van der Waals surface area contributed by atoms with Gasteiger partial charge >= 0.3 is 6.18 Å². The standard InChI is InChI=1S/C19H14F3N5O/c20-19(21,22)15-3-1-2-13(4-15)14-5-17-16(24-7-14)8-25-27(17)11-18(28)26-9-12(6-23)10-26/h1-5,7-8,12H,9-11H2. The number of likely N-dealkylation sites (tertiary alicyclic amines) is 1. The Morgan fingerprint density at radius 2 is 2.00 bits per heavy atom. The molecule has 6 nitrogen and oxygen atoms in total. The van der Waals surface area contributed by atoms with Crippen LogP contribution in [0.25, 0.3) is 22.2 Å². The summed E-state index contributed by atoms with van der Waals surface area (Å²) in [5.41, 5.74) is 1.24. The Bertz CT molecular complexity index is 1090. The van der Waals surface area contributed by atoms with Gasteiger partial charge in [0.15, 0.2) is 0 Å². The smallest absolute Gasteiger partial charge is 0.338 e. The lowest BCUT2D eigenvalue weighted by atomic mass is 10.0. The lowest BCUT2D eigenvalue weighted by Gasteiger charge is -2.35. The van der Waals surface area contributed by atoms with Crippen molar-refractivity contribution in [2.75, 3.05) is 13.1 Å². The monoisotopic (exact) mass is 385 g/mol. The molecule has 2 aromatic heterocycles. The van der Waals surface area contributed by atoms with Crippen LogP contribution >= 0.6 is 0 Å². The number of aromatic nitrogens is 3. The number of nitrogens with zero attached hydrogens (tertiary/aromatic N) is 5. The number of carbonyl (C=O) groups is 1. The van der Waals surface area contributed by atoms with Crippen LogP contribution in [0.4, 0.5) is 13.2 Å². The molecular formula is C19H14F3N5O. The van der Waals surface area contributed by atoms with Crippen molar-refractivity contribution in [3.05, 3.63) is 48.3 Å². The van der Waals surface area contributed by atoms with Gasteiger partial charge in [-0.05, 0) is 23.8 Å². The molecule has 0 N–H and O–H groups in total. The molecule has 0 unspecified atom stereocenters. The first-order valence-electron chi connectivity index (χ1n) is 8.52. The quantitative estimate of drug-likeness (QED) is 0.694. The molecule has 0 spiro atoms. The van der Waals surface area contributed by atoms with E-state index in [1.54, 1.807) is 17.0 Å². The van der Waals surface area contributed by atoms with Crippen molar-refractivity contribution >= 4 is 16.9 Å². The van der Waals surface area contributed by atoms with Gasteiger partial charge in [0, 0.05) is 24.8 Å². The number of hydrogen-bond acceptors (Lipinski definition) is 4. The molecular weight excluding hydrogens is 371 g/mol. The number of fused-ring (bicyclic) bond motifs is 1.